The predicted octanol–water partition coefficient (Wildman–Crippen LogP) is 3.49. The fourth-order valence-corrected chi connectivity index (χ4v) is 2.07. The summed E-state index contributed by atoms with van der Waals surface area (Å²) in [6, 6.07) is 1.59. The highest BCUT2D eigenvalue weighted by molar-refractivity contribution is 6.36. The fraction of sp³-hybridized carbons (Fsp3) is 0.333. The highest BCUT2D eigenvalue weighted by Gasteiger charge is 2.17. The number of rotatable bonds is 0. The van der Waals surface area contributed by atoms with Crippen molar-refractivity contribution in [1.29, 1.82) is 0 Å². The van der Waals surface area contributed by atoms with E-state index >= 15 is 0 Å². The minimum absolute atomic E-state index is 0.0816. The summed E-state index contributed by atoms with van der Waals surface area (Å²) in [6.07, 6.45) is 1.79. The van der Waals surface area contributed by atoms with Crippen LogP contribution < -0.4 is 5.32 Å². The fourth-order valence-electron chi connectivity index (χ4n) is 1.52. The lowest BCUT2D eigenvalue weighted by Crippen LogP contribution is -2.12. The van der Waals surface area contributed by atoms with Crippen molar-refractivity contribution in [3.05, 3.63) is 27.5 Å². The molecule has 1 heterocycles. The quantitative estimate of drug-likeness (QED) is 0.660. The Morgan fingerprint density at radius 2 is 2.15 bits per heavy atom. The minimum atomic E-state index is -0.509. The van der Waals surface area contributed by atoms with E-state index < -0.39 is 5.82 Å². The van der Waals surface area contributed by atoms with Gasteiger partial charge < -0.3 is 5.32 Å². The van der Waals surface area contributed by atoms with Gasteiger partial charge >= 0.3 is 0 Å². The van der Waals surface area contributed by atoms with E-state index in [9.17, 15) is 4.39 Å². The molecule has 2 rings (SSSR count). The molecule has 1 N–H and O–H groups in total. The maximum atomic E-state index is 13.2. The monoisotopic (exact) mass is 219 g/mol. The second-order valence-corrected chi connectivity index (χ2v) is 3.83. The molecule has 70 valence electrons. The Balaban J connectivity index is 2.60. The molecule has 13 heavy (non-hydrogen) atoms. The zero-order chi connectivity index (χ0) is 9.42. The van der Waals surface area contributed by atoms with Gasteiger partial charge in [0.2, 0.25) is 0 Å². The molecule has 0 radical (unpaired) electrons. The first kappa shape index (κ1) is 9.10. The summed E-state index contributed by atoms with van der Waals surface area (Å²) in [5.41, 5.74) is 1.71. The summed E-state index contributed by atoms with van der Waals surface area (Å²) in [5, 5.41) is 3.38. The topological polar surface area (TPSA) is 12.0 Å². The average Bonchev–Trinajstić information content (AvgIpc) is 2.15. The lowest BCUT2D eigenvalue weighted by atomic mass is 10.0. The number of hydrogen-bond donors (Lipinski definition) is 1. The summed E-state index contributed by atoms with van der Waals surface area (Å²) in [6.45, 7) is 0.894. The van der Waals surface area contributed by atoms with Crippen molar-refractivity contribution >= 4 is 28.9 Å². The third-order valence-electron chi connectivity index (χ3n) is 2.18. The average molecular weight is 220 g/mol. The van der Waals surface area contributed by atoms with Crippen LogP contribution >= 0.6 is 23.2 Å². The van der Waals surface area contributed by atoms with Gasteiger partial charge in [0.05, 0.1) is 10.0 Å². The van der Waals surface area contributed by atoms with E-state index in [0.717, 1.165) is 30.6 Å². The van der Waals surface area contributed by atoms with Crippen LogP contribution in [0.4, 0.5) is 10.1 Å². The minimum Gasteiger partial charge on any atom is -0.385 e. The first-order valence-corrected chi connectivity index (χ1v) is 4.86. The zero-order valence-electron chi connectivity index (χ0n) is 6.83. The van der Waals surface area contributed by atoms with Crippen LogP contribution in [0, 0.1) is 5.82 Å². The first-order valence-electron chi connectivity index (χ1n) is 4.10. The van der Waals surface area contributed by atoms with Crippen molar-refractivity contribution < 1.29 is 4.39 Å². The van der Waals surface area contributed by atoms with Gasteiger partial charge in [-0.3, -0.25) is 0 Å². The summed E-state index contributed by atoms with van der Waals surface area (Å²) in [7, 11) is 0. The molecule has 1 aliphatic heterocycles. The van der Waals surface area contributed by atoms with E-state index in [-0.39, 0.29) is 10.0 Å². The molecule has 0 aromatic heterocycles. The van der Waals surface area contributed by atoms with Gasteiger partial charge in [0.1, 0.15) is 0 Å². The Kier molecular flexibility index (Phi) is 2.35. The van der Waals surface area contributed by atoms with Gasteiger partial charge in [0.25, 0.3) is 0 Å². The molecular weight excluding hydrogens is 212 g/mol. The van der Waals surface area contributed by atoms with Crippen LogP contribution in [0.5, 0.6) is 0 Å². The van der Waals surface area contributed by atoms with Crippen LogP contribution in [-0.4, -0.2) is 6.54 Å². The molecule has 0 saturated carbocycles. The van der Waals surface area contributed by atoms with Crippen molar-refractivity contribution in [3.8, 4) is 0 Å². The van der Waals surface area contributed by atoms with Crippen molar-refractivity contribution in [2.75, 3.05) is 11.9 Å². The summed E-state index contributed by atoms with van der Waals surface area (Å²) in [5.74, 6) is -0.509. The molecule has 0 atom stereocenters. The lowest BCUT2D eigenvalue weighted by Gasteiger charge is -2.19. The molecule has 1 aromatic carbocycles. The molecule has 0 spiro atoms. The Morgan fingerprint density at radius 3 is 2.92 bits per heavy atom. The second-order valence-electron chi connectivity index (χ2n) is 3.04. The molecular formula is C9H8Cl2FN. The van der Waals surface area contributed by atoms with Gasteiger partial charge in [0, 0.05) is 12.2 Å². The van der Waals surface area contributed by atoms with E-state index in [1.807, 2.05) is 0 Å². The number of benzene rings is 1. The molecule has 0 saturated heterocycles. The number of halogens is 3. The van der Waals surface area contributed by atoms with Crippen LogP contribution in [-0.2, 0) is 6.42 Å². The van der Waals surface area contributed by atoms with E-state index in [0.29, 0.717) is 0 Å². The van der Waals surface area contributed by atoms with Crippen molar-refractivity contribution in [2.24, 2.45) is 0 Å². The predicted molar refractivity (Wildman–Crippen MR) is 53.2 cm³/mol. The van der Waals surface area contributed by atoms with Crippen molar-refractivity contribution in [3.63, 3.8) is 0 Å². The highest BCUT2D eigenvalue weighted by Crippen LogP contribution is 2.35. The SMILES string of the molecule is Fc1c(Cl)cc2c(c1Cl)CCCN2. The molecule has 0 unspecified atom stereocenters. The van der Waals surface area contributed by atoms with Gasteiger partial charge in [-0.1, -0.05) is 23.2 Å². The smallest absolute Gasteiger partial charge is 0.160 e. The maximum absolute atomic E-state index is 13.2. The Labute approximate surface area is 85.8 Å². The van der Waals surface area contributed by atoms with Gasteiger partial charge in [0.15, 0.2) is 5.82 Å². The van der Waals surface area contributed by atoms with Crippen LogP contribution in [0.1, 0.15) is 12.0 Å². The Morgan fingerprint density at radius 1 is 1.38 bits per heavy atom. The molecule has 0 bridgehead atoms. The van der Waals surface area contributed by atoms with E-state index in [1.165, 1.54) is 0 Å². The molecule has 0 amide bonds. The maximum Gasteiger partial charge on any atom is 0.160 e. The third kappa shape index (κ3) is 1.49. The second kappa shape index (κ2) is 3.35. The van der Waals surface area contributed by atoms with Crippen LogP contribution in [0.2, 0.25) is 10.0 Å². The number of hydrogen-bond acceptors (Lipinski definition) is 1. The van der Waals surface area contributed by atoms with Crippen LogP contribution in [0.15, 0.2) is 6.07 Å². The summed E-state index contributed by atoms with van der Waals surface area (Å²) >= 11 is 11.5. The number of anilines is 1. The molecule has 1 aliphatic rings. The van der Waals surface area contributed by atoms with Crippen LogP contribution in [0.25, 0.3) is 0 Å². The zero-order valence-corrected chi connectivity index (χ0v) is 8.34. The van der Waals surface area contributed by atoms with Crippen molar-refractivity contribution in [1.82, 2.24) is 0 Å². The first-order chi connectivity index (χ1) is 6.20. The molecule has 0 aliphatic carbocycles. The van der Waals surface area contributed by atoms with Gasteiger partial charge in [-0.05, 0) is 24.5 Å². The molecule has 4 heteroatoms. The highest BCUT2D eigenvalue weighted by atomic mass is 35.5. The van der Waals surface area contributed by atoms with E-state index in [1.54, 1.807) is 6.07 Å². The van der Waals surface area contributed by atoms with Gasteiger partial charge in [-0.2, -0.15) is 0 Å². The van der Waals surface area contributed by atoms with Crippen molar-refractivity contribution in [2.45, 2.75) is 12.8 Å². The van der Waals surface area contributed by atoms with Gasteiger partial charge in [-0.25, -0.2) is 4.39 Å². The normalized spacial score (nSPS) is 15.0. The third-order valence-corrected chi connectivity index (χ3v) is 2.85. The molecule has 1 aromatic rings. The standard InChI is InChI=1S/C9H8Cl2FN/c10-6-4-7-5(2-1-3-13-7)8(11)9(6)12/h4,13H,1-3H2. The molecule has 0 fully saturated rings. The Hall–Kier alpha value is -0.470. The lowest BCUT2D eigenvalue weighted by molar-refractivity contribution is 0.624. The molecule has 1 nitrogen and oxygen atoms in total. The van der Waals surface area contributed by atoms with Gasteiger partial charge in [-0.15, -0.1) is 0 Å². The number of fused-ring (bicyclic) bond motifs is 1. The number of nitrogens with one attached hydrogen (secondary N) is 1. The van der Waals surface area contributed by atoms with E-state index in [2.05, 4.69) is 5.32 Å². The van der Waals surface area contributed by atoms with Crippen LogP contribution in [0.3, 0.4) is 0 Å². The largest absolute Gasteiger partial charge is 0.385 e. The summed E-state index contributed by atoms with van der Waals surface area (Å²) in [4.78, 5) is 0. The summed E-state index contributed by atoms with van der Waals surface area (Å²) < 4.78 is 13.2. The Bertz CT molecular complexity index is 352. The van der Waals surface area contributed by atoms with E-state index in [4.69, 9.17) is 23.2 Å².